The molecule has 0 bridgehead atoms. The number of rotatable bonds is 12. The molecule has 3 nitrogen and oxygen atoms in total. The van der Waals surface area contributed by atoms with Crippen LogP contribution < -0.4 is 0 Å². The molecule has 0 spiro atoms. The second-order valence-corrected chi connectivity index (χ2v) is 6.46. The summed E-state index contributed by atoms with van der Waals surface area (Å²) in [5, 5.41) is 12.6. The maximum Gasteiger partial charge on any atom is 0.103 e. The highest BCUT2D eigenvalue weighted by Gasteiger charge is 2.18. The molecule has 22 heavy (non-hydrogen) atoms. The first-order valence-corrected chi connectivity index (χ1v) is 9.14. The first-order valence-electron chi connectivity index (χ1n) is 8.76. The Bertz CT molecular complexity index is 366. The minimum absolute atomic E-state index is 0.116. The van der Waals surface area contributed by atoms with Crippen LogP contribution in [0.4, 0.5) is 0 Å². The predicted molar refractivity (Wildman–Crippen MR) is 95.7 cm³/mol. The molecule has 126 valence electrons. The molecule has 1 aliphatic rings. The minimum Gasteiger partial charge on any atom is -0.411 e. The molecule has 1 atom stereocenters. The highest BCUT2D eigenvalue weighted by molar-refractivity contribution is 6.31. The number of unbranched alkanes of at least 4 members (excludes halogenated alkanes) is 9. The van der Waals surface area contributed by atoms with Crippen molar-refractivity contribution in [3.63, 3.8) is 0 Å². The summed E-state index contributed by atoms with van der Waals surface area (Å²) in [5.74, 6) is 0. The highest BCUT2D eigenvalue weighted by Crippen LogP contribution is 2.19. The zero-order chi connectivity index (χ0) is 16.0. The number of nitrogens with zero attached hydrogens (tertiary/aromatic N) is 2. The molecule has 1 aliphatic heterocycles. The fourth-order valence-corrected chi connectivity index (χ4v) is 3.07. The van der Waals surface area contributed by atoms with E-state index in [-0.39, 0.29) is 6.04 Å². The molecule has 0 aromatic heterocycles. The summed E-state index contributed by atoms with van der Waals surface area (Å²) in [7, 11) is 0. The van der Waals surface area contributed by atoms with Gasteiger partial charge in [0.25, 0.3) is 0 Å². The average Bonchev–Trinajstić information content (AvgIpc) is 2.52. The third-order valence-electron chi connectivity index (χ3n) is 4.15. The Morgan fingerprint density at radius 1 is 1.09 bits per heavy atom. The Labute approximate surface area is 140 Å². The van der Waals surface area contributed by atoms with Gasteiger partial charge in [0.2, 0.25) is 0 Å². The lowest BCUT2D eigenvalue weighted by atomic mass is 10.1. The number of halogens is 1. The molecule has 0 saturated carbocycles. The van der Waals surface area contributed by atoms with Crippen LogP contribution in [0.25, 0.3) is 0 Å². The summed E-state index contributed by atoms with van der Waals surface area (Å²) < 4.78 is 0. The lowest BCUT2D eigenvalue weighted by Crippen LogP contribution is -2.34. The van der Waals surface area contributed by atoms with Crippen molar-refractivity contribution in [2.75, 3.05) is 6.54 Å². The van der Waals surface area contributed by atoms with Gasteiger partial charge in [-0.05, 0) is 18.6 Å². The fourth-order valence-electron chi connectivity index (χ4n) is 2.81. The van der Waals surface area contributed by atoms with Crippen LogP contribution in [0.1, 0.15) is 71.1 Å². The summed E-state index contributed by atoms with van der Waals surface area (Å²) in [4.78, 5) is 2.13. The molecule has 0 aromatic rings. The van der Waals surface area contributed by atoms with Crippen molar-refractivity contribution >= 4 is 17.8 Å². The van der Waals surface area contributed by atoms with E-state index in [1.165, 1.54) is 64.0 Å². The van der Waals surface area contributed by atoms with Crippen LogP contribution in [0.15, 0.2) is 28.5 Å². The number of hydrogen-bond acceptors (Lipinski definition) is 3. The summed E-state index contributed by atoms with van der Waals surface area (Å²) in [6.45, 7) is 3.21. The van der Waals surface area contributed by atoms with Gasteiger partial charge in [-0.3, -0.25) is 0 Å². The molecule has 0 aromatic carbocycles. The summed E-state index contributed by atoms with van der Waals surface area (Å²) in [6.07, 6.45) is 20.7. The van der Waals surface area contributed by atoms with Crippen LogP contribution >= 0.6 is 11.6 Å². The van der Waals surface area contributed by atoms with Crippen molar-refractivity contribution in [1.29, 1.82) is 0 Å². The maximum atomic E-state index is 8.73. The zero-order valence-electron chi connectivity index (χ0n) is 13.9. The van der Waals surface area contributed by atoms with Gasteiger partial charge >= 0.3 is 0 Å². The Kier molecular flexibility index (Phi) is 10.9. The zero-order valence-corrected chi connectivity index (χ0v) is 14.6. The third-order valence-corrected chi connectivity index (χ3v) is 4.50. The lowest BCUT2D eigenvalue weighted by molar-refractivity contribution is 0.308. The van der Waals surface area contributed by atoms with Gasteiger partial charge in [0.1, 0.15) is 6.04 Å². The molecule has 0 fully saturated rings. The molecule has 0 saturated heterocycles. The normalized spacial score (nSPS) is 18.2. The monoisotopic (exact) mass is 326 g/mol. The topological polar surface area (TPSA) is 35.8 Å². The van der Waals surface area contributed by atoms with Gasteiger partial charge in [-0.2, -0.15) is 0 Å². The first-order chi connectivity index (χ1) is 10.8. The van der Waals surface area contributed by atoms with Crippen molar-refractivity contribution in [1.82, 2.24) is 4.90 Å². The van der Waals surface area contributed by atoms with Crippen LogP contribution in [-0.4, -0.2) is 28.9 Å². The van der Waals surface area contributed by atoms with E-state index in [0.29, 0.717) is 5.03 Å². The third kappa shape index (κ3) is 7.88. The van der Waals surface area contributed by atoms with Crippen molar-refractivity contribution in [2.45, 2.75) is 77.2 Å². The molecule has 0 radical (unpaired) electrons. The Hall–Kier alpha value is -0.960. The molecule has 1 unspecified atom stereocenters. The molecule has 4 heteroatoms. The van der Waals surface area contributed by atoms with E-state index in [1.54, 1.807) is 0 Å². The molecule has 1 rings (SSSR count). The molecular formula is C18H31ClN2O. The Morgan fingerprint density at radius 2 is 1.68 bits per heavy atom. The highest BCUT2D eigenvalue weighted by atomic mass is 35.5. The molecule has 0 amide bonds. The van der Waals surface area contributed by atoms with Crippen LogP contribution in [0.2, 0.25) is 0 Å². The SMILES string of the molecule is CCCCCCCCCCCCN1C=CC=C(Cl)C1C=NO. The van der Waals surface area contributed by atoms with Gasteiger partial charge in [0.05, 0.1) is 6.21 Å². The van der Waals surface area contributed by atoms with Crippen LogP contribution in [0.3, 0.4) is 0 Å². The predicted octanol–water partition coefficient (Wildman–Crippen LogP) is 5.69. The quantitative estimate of drug-likeness (QED) is 0.216. The number of allylic oxidation sites excluding steroid dienone is 2. The maximum absolute atomic E-state index is 8.73. The van der Waals surface area contributed by atoms with Gasteiger partial charge in [-0.25, -0.2) is 0 Å². The lowest BCUT2D eigenvalue weighted by Gasteiger charge is -2.29. The second-order valence-electron chi connectivity index (χ2n) is 6.02. The van der Waals surface area contributed by atoms with Gasteiger partial charge in [-0.1, -0.05) is 81.5 Å². The van der Waals surface area contributed by atoms with Gasteiger partial charge in [0, 0.05) is 17.8 Å². The Balaban J connectivity index is 2.04. The standard InChI is InChI=1S/C18H31ClN2O/c1-2-3-4-5-6-7-8-9-10-11-14-21-15-12-13-17(19)18(21)16-20-22/h12-13,15-16,18,22H,2-11,14H2,1H3. The number of hydrogen-bond donors (Lipinski definition) is 1. The van der Waals surface area contributed by atoms with Gasteiger partial charge < -0.3 is 10.1 Å². The van der Waals surface area contributed by atoms with Crippen molar-refractivity contribution in [2.24, 2.45) is 5.16 Å². The van der Waals surface area contributed by atoms with Crippen LogP contribution in [0, 0.1) is 0 Å². The molecule has 1 heterocycles. The second kappa shape index (κ2) is 12.6. The van der Waals surface area contributed by atoms with E-state index in [4.69, 9.17) is 16.8 Å². The summed E-state index contributed by atoms with van der Waals surface area (Å²) in [5.41, 5.74) is 0. The Morgan fingerprint density at radius 3 is 2.27 bits per heavy atom. The average molecular weight is 327 g/mol. The summed E-state index contributed by atoms with van der Waals surface area (Å²) in [6, 6.07) is -0.116. The molecular weight excluding hydrogens is 296 g/mol. The molecule has 0 aliphatic carbocycles. The van der Waals surface area contributed by atoms with Gasteiger partial charge in [-0.15, -0.1) is 0 Å². The van der Waals surface area contributed by atoms with Crippen molar-refractivity contribution in [3.8, 4) is 0 Å². The molecule has 1 N–H and O–H groups in total. The van der Waals surface area contributed by atoms with Crippen LogP contribution in [-0.2, 0) is 0 Å². The fraction of sp³-hybridized carbons (Fsp3) is 0.722. The van der Waals surface area contributed by atoms with E-state index in [9.17, 15) is 0 Å². The van der Waals surface area contributed by atoms with E-state index in [1.807, 2.05) is 18.4 Å². The first kappa shape index (κ1) is 19.1. The van der Waals surface area contributed by atoms with Gasteiger partial charge in [0.15, 0.2) is 0 Å². The van der Waals surface area contributed by atoms with Crippen molar-refractivity contribution < 1.29 is 5.21 Å². The minimum atomic E-state index is -0.116. The number of oxime groups is 1. The van der Waals surface area contributed by atoms with Crippen molar-refractivity contribution in [3.05, 3.63) is 23.4 Å². The van der Waals surface area contributed by atoms with E-state index < -0.39 is 0 Å². The van der Waals surface area contributed by atoms with E-state index in [0.717, 1.165) is 13.0 Å². The summed E-state index contributed by atoms with van der Waals surface area (Å²) >= 11 is 6.16. The largest absolute Gasteiger partial charge is 0.411 e. The van der Waals surface area contributed by atoms with E-state index >= 15 is 0 Å². The van der Waals surface area contributed by atoms with E-state index in [2.05, 4.69) is 17.0 Å². The smallest absolute Gasteiger partial charge is 0.103 e. The van der Waals surface area contributed by atoms with Crippen LogP contribution in [0.5, 0.6) is 0 Å².